The number of hydrogen-bond donors (Lipinski definition) is 2. The van der Waals surface area contributed by atoms with E-state index in [1.165, 1.54) is 19.1 Å². The number of carboxylic acids is 1. The molecule has 9 heteroatoms. The number of fused-ring (bicyclic) bond motifs is 1. The molecule has 9 nitrogen and oxygen atoms in total. The summed E-state index contributed by atoms with van der Waals surface area (Å²) in [5.41, 5.74) is 0.733. The molecule has 0 fully saturated rings. The molecule has 0 bridgehead atoms. The van der Waals surface area contributed by atoms with Gasteiger partial charge in [0.2, 0.25) is 5.91 Å². The van der Waals surface area contributed by atoms with Crippen molar-refractivity contribution in [1.82, 2.24) is 10.6 Å². The fraction of sp³-hybridized carbons (Fsp3) is 0.333. The van der Waals surface area contributed by atoms with Gasteiger partial charge < -0.3 is 29.7 Å². The van der Waals surface area contributed by atoms with Crippen molar-refractivity contribution in [2.75, 3.05) is 13.1 Å². The van der Waals surface area contributed by atoms with Crippen LogP contribution in [0.2, 0.25) is 0 Å². The molecule has 0 saturated carbocycles. The molecule has 0 aliphatic rings. The van der Waals surface area contributed by atoms with Gasteiger partial charge in [-0.05, 0) is 31.0 Å². The Bertz CT molecular complexity index is 920. The van der Waals surface area contributed by atoms with Gasteiger partial charge in [-0.3, -0.25) is 9.59 Å². The minimum atomic E-state index is -1.43. The van der Waals surface area contributed by atoms with Crippen LogP contribution < -0.4 is 26.1 Å². The van der Waals surface area contributed by atoms with E-state index in [1.807, 2.05) is 6.92 Å². The number of aliphatic carboxylic acids is 1. The molecule has 1 aromatic heterocycles. The highest BCUT2D eigenvalue weighted by Crippen LogP contribution is 2.23. The highest BCUT2D eigenvalue weighted by Gasteiger charge is 2.16. The van der Waals surface area contributed by atoms with Gasteiger partial charge in [0.05, 0.1) is 19.1 Å². The van der Waals surface area contributed by atoms with Gasteiger partial charge in [-0.2, -0.15) is 0 Å². The summed E-state index contributed by atoms with van der Waals surface area (Å²) in [7, 11) is 0. The fourth-order valence-electron chi connectivity index (χ4n) is 2.38. The third-order valence-electron chi connectivity index (χ3n) is 3.72. The molecule has 0 unspecified atom stereocenters. The topological polar surface area (TPSA) is 138 Å². The Balaban J connectivity index is 1.99. The lowest BCUT2D eigenvalue weighted by molar-refractivity contribution is -0.304. The van der Waals surface area contributed by atoms with Crippen molar-refractivity contribution in [3.63, 3.8) is 0 Å². The summed E-state index contributed by atoms with van der Waals surface area (Å²) in [6.45, 7) is 2.38. The monoisotopic (exact) mass is 375 g/mol. The van der Waals surface area contributed by atoms with E-state index in [9.17, 15) is 24.3 Å². The maximum Gasteiger partial charge on any atom is 0.336 e. The Morgan fingerprint density at radius 2 is 1.93 bits per heavy atom. The number of carbonyl (C=O) groups excluding carboxylic acids is 3. The summed E-state index contributed by atoms with van der Waals surface area (Å²) < 4.78 is 10.7. The summed E-state index contributed by atoms with van der Waals surface area (Å²) in [6, 6.07) is 6.35. The molecule has 0 aliphatic carbocycles. The van der Waals surface area contributed by atoms with Crippen LogP contribution in [0.25, 0.3) is 11.0 Å². The molecule has 2 amide bonds. The van der Waals surface area contributed by atoms with Crippen LogP contribution in [0.15, 0.2) is 33.5 Å². The zero-order valence-corrected chi connectivity index (χ0v) is 14.9. The summed E-state index contributed by atoms with van der Waals surface area (Å²) in [5, 5.41) is 15.4. The van der Waals surface area contributed by atoms with Crippen LogP contribution in [0.3, 0.4) is 0 Å². The molecule has 1 atom stereocenters. The van der Waals surface area contributed by atoms with Gasteiger partial charge in [0.25, 0.3) is 5.91 Å². The van der Waals surface area contributed by atoms with E-state index in [1.54, 1.807) is 12.1 Å². The van der Waals surface area contributed by atoms with Crippen molar-refractivity contribution < 1.29 is 28.6 Å². The molecular weight excluding hydrogens is 356 g/mol. The van der Waals surface area contributed by atoms with Crippen molar-refractivity contribution in [3.05, 3.63) is 40.2 Å². The summed E-state index contributed by atoms with van der Waals surface area (Å²) >= 11 is 0. The minimum absolute atomic E-state index is 0.322. The number of amides is 2. The third-order valence-corrected chi connectivity index (χ3v) is 3.72. The predicted octanol–water partition coefficient (Wildman–Crippen LogP) is -0.895. The lowest BCUT2D eigenvalue weighted by Gasteiger charge is -2.15. The van der Waals surface area contributed by atoms with Gasteiger partial charge in [-0.15, -0.1) is 0 Å². The average molecular weight is 375 g/mol. The minimum Gasteiger partial charge on any atom is -0.548 e. The lowest BCUT2D eigenvalue weighted by atomic mass is 10.1. The number of rotatable bonds is 8. The van der Waals surface area contributed by atoms with Crippen molar-refractivity contribution >= 4 is 28.8 Å². The van der Waals surface area contributed by atoms with Crippen LogP contribution in [-0.4, -0.2) is 37.0 Å². The first-order valence-electron chi connectivity index (χ1n) is 8.27. The second-order valence-corrected chi connectivity index (χ2v) is 5.73. The van der Waals surface area contributed by atoms with Crippen LogP contribution in [-0.2, 0) is 20.8 Å². The lowest BCUT2D eigenvalue weighted by Crippen LogP contribution is -2.45. The van der Waals surface area contributed by atoms with Gasteiger partial charge in [0.15, 0.2) is 6.10 Å². The van der Waals surface area contributed by atoms with Gasteiger partial charge in [-0.1, -0.05) is 6.92 Å². The van der Waals surface area contributed by atoms with Gasteiger partial charge >= 0.3 is 5.63 Å². The zero-order valence-electron chi connectivity index (χ0n) is 14.9. The Labute approximate surface area is 154 Å². The smallest absolute Gasteiger partial charge is 0.336 e. The van der Waals surface area contributed by atoms with Crippen LogP contribution in [0.1, 0.15) is 19.4 Å². The molecule has 0 spiro atoms. The first-order valence-corrected chi connectivity index (χ1v) is 8.27. The van der Waals surface area contributed by atoms with Gasteiger partial charge in [0.1, 0.15) is 11.3 Å². The molecule has 144 valence electrons. The maximum absolute atomic E-state index is 12.0. The largest absolute Gasteiger partial charge is 0.548 e. The molecule has 1 aromatic carbocycles. The highest BCUT2D eigenvalue weighted by atomic mass is 16.5. The number of ether oxygens (including phenoxy) is 1. The number of carboxylic acid groups (broad SMARTS) is 1. The molecule has 2 rings (SSSR count). The van der Waals surface area contributed by atoms with Crippen LogP contribution in [0.5, 0.6) is 5.75 Å². The molecule has 0 aliphatic heterocycles. The van der Waals surface area contributed by atoms with E-state index >= 15 is 0 Å². The van der Waals surface area contributed by atoms with E-state index in [2.05, 4.69) is 10.6 Å². The summed E-state index contributed by atoms with van der Waals surface area (Å²) in [6.07, 6.45) is -0.265. The highest BCUT2D eigenvalue weighted by molar-refractivity contribution is 5.88. The number of aryl methyl sites for hydroxylation is 1. The molecule has 2 aromatic rings. The van der Waals surface area contributed by atoms with Crippen molar-refractivity contribution in [2.45, 2.75) is 26.4 Å². The molecular formula is C18H19N2O7-. The number of benzene rings is 1. The second kappa shape index (κ2) is 8.84. The quantitative estimate of drug-likeness (QED) is 0.571. The molecule has 27 heavy (non-hydrogen) atoms. The first kappa shape index (κ1) is 20.0. The van der Waals surface area contributed by atoms with E-state index in [4.69, 9.17) is 9.15 Å². The SMILES string of the molecule is CCc1cc(=O)oc2cc(O[C@@H](C)C(=O)NCC(=O)NCC(=O)[O-])ccc12. The second-order valence-electron chi connectivity index (χ2n) is 5.73. The molecule has 2 N–H and O–H groups in total. The zero-order chi connectivity index (χ0) is 20.0. The van der Waals surface area contributed by atoms with Crippen LogP contribution in [0.4, 0.5) is 0 Å². The van der Waals surface area contributed by atoms with Crippen molar-refractivity contribution in [3.8, 4) is 5.75 Å². The van der Waals surface area contributed by atoms with Crippen molar-refractivity contribution in [1.29, 1.82) is 0 Å². The fourth-order valence-corrected chi connectivity index (χ4v) is 2.38. The van der Waals surface area contributed by atoms with E-state index in [-0.39, 0.29) is 0 Å². The summed E-state index contributed by atoms with van der Waals surface area (Å²) in [5.74, 6) is -2.34. The number of carbonyl (C=O) groups is 3. The standard InChI is InChI=1S/C18H20N2O7/c1-3-11-6-17(24)27-14-7-12(4-5-13(11)14)26-10(2)18(25)20-8-15(21)19-9-16(22)23/h4-7,10H,3,8-9H2,1-2H3,(H,19,21)(H,20,25)(H,22,23)/p-1/t10-/m0/s1. The predicted molar refractivity (Wildman–Crippen MR) is 93.0 cm³/mol. The maximum atomic E-state index is 12.0. The van der Waals surface area contributed by atoms with E-state index in [0.29, 0.717) is 17.8 Å². The normalized spacial score (nSPS) is 11.6. The molecule has 1 heterocycles. The molecule has 0 saturated heterocycles. The van der Waals surface area contributed by atoms with Crippen LogP contribution >= 0.6 is 0 Å². The first-order chi connectivity index (χ1) is 12.8. The Morgan fingerprint density at radius 1 is 1.19 bits per heavy atom. The third kappa shape index (κ3) is 5.56. The number of hydrogen-bond acceptors (Lipinski definition) is 7. The summed E-state index contributed by atoms with van der Waals surface area (Å²) in [4.78, 5) is 45.2. The Hall–Kier alpha value is -3.36. The Kier molecular flexibility index (Phi) is 6.53. The number of nitrogens with one attached hydrogen (secondary N) is 2. The van der Waals surface area contributed by atoms with Crippen molar-refractivity contribution in [2.24, 2.45) is 0 Å². The van der Waals surface area contributed by atoms with E-state index in [0.717, 1.165) is 10.9 Å². The Morgan fingerprint density at radius 3 is 2.59 bits per heavy atom. The van der Waals surface area contributed by atoms with E-state index < -0.39 is 42.6 Å². The van der Waals surface area contributed by atoms with Gasteiger partial charge in [0, 0.05) is 17.5 Å². The van der Waals surface area contributed by atoms with Crippen LogP contribution in [0, 0.1) is 0 Å². The molecule has 0 radical (unpaired) electrons. The van der Waals surface area contributed by atoms with Gasteiger partial charge in [-0.25, -0.2) is 4.79 Å². The average Bonchev–Trinajstić information content (AvgIpc) is 2.63.